The molecule has 3 fully saturated rings. The number of hydrogen-bond acceptors (Lipinski definition) is 3. The molecule has 5 rings (SSSR count). The summed E-state index contributed by atoms with van der Waals surface area (Å²) in [6.45, 7) is 3.80. The molecule has 156 valence electrons. The van der Waals surface area contributed by atoms with E-state index in [0.29, 0.717) is 19.4 Å². The van der Waals surface area contributed by atoms with Gasteiger partial charge in [-0.15, -0.1) is 0 Å². The molecule has 3 heterocycles. The Morgan fingerprint density at radius 2 is 1.40 bits per heavy atom. The summed E-state index contributed by atoms with van der Waals surface area (Å²) in [5.41, 5.74) is 1.69. The summed E-state index contributed by atoms with van der Waals surface area (Å²) < 4.78 is 0. The van der Waals surface area contributed by atoms with Crippen LogP contribution in [0.5, 0.6) is 0 Å². The lowest BCUT2D eigenvalue weighted by Gasteiger charge is -2.53. The Kier molecular flexibility index (Phi) is 5.07. The molecule has 1 atom stereocenters. The van der Waals surface area contributed by atoms with Crippen LogP contribution in [0, 0.1) is 0 Å². The van der Waals surface area contributed by atoms with Crippen LogP contribution in [-0.4, -0.2) is 57.7 Å². The van der Waals surface area contributed by atoms with Gasteiger partial charge in [0.05, 0.1) is 0 Å². The number of piperazine rings is 1. The summed E-state index contributed by atoms with van der Waals surface area (Å²) in [5, 5.41) is 0. The number of carbonyl (C=O) groups excluding carboxylic acids is 2. The van der Waals surface area contributed by atoms with Crippen molar-refractivity contribution in [3.05, 3.63) is 71.8 Å². The second kappa shape index (κ2) is 7.88. The van der Waals surface area contributed by atoms with Crippen molar-refractivity contribution in [3.63, 3.8) is 0 Å². The third kappa shape index (κ3) is 3.31. The fraction of sp³-hybridized carbons (Fsp3) is 0.440. The van der Waals surface area contributed by atoms with Crippen molar-refractivity contribution in [1.29, 1.82) is 0 Å². The highest BCUT2D eigenvalue weighted by molar-refractivity contribution is 6.00. The summed E-state index contributed by atoms with van der Waals surface area (Å²) in [4.78, 5) is 33.5. The summed E-state index contributed by atoms with van der Waals surface area (Å²) in [7, 11) is 0. The first-order valence-corrected chi connectivity index (χ1v) is 11.1. The Balaban J connectivity index is 1.40. The third-order valence-corrected chi connectivity index (χ3v) is 7.10. The van der Waals surface area contributed by atoms with Crippen LogP contribution in [0.1, 0.15) is 36.8 Å². The number of benzene rings is 2. The Bertz CT molecular complexity index is 907. The molecule has 0 aromatic heterocycles. The number of fused-ring (bicyclic) bond motifs is 1. The zero-order valence-electron chi connectivity index (χ0n) is 17.4. The van der Waals surface area contributed by atoms with Crippen molar-refractivity contribution in [2.45, 2.75) is 50.4 Å². The number of rotatable bonds is 4. The summed E-state index contributed by atoms with van der Waals surface area (Å²) in [6.07, 6.45) is 3.14. The Hall–Kier alpha value is -2.66. The average Bonchev–Trinajstić information content (AvgIpc) is 3.28. The highest BCUT2D eigenvalue weighted by Crippen LogP contribution is 2.40. The molecule has 2 amide bonds. The number of nitrogens with zero attached hydrogens (tertiary/aromatic N) is 3. The van der Waals surface area contributed by atoms with Crippen molar-refractivity contribution in [2.24, 2.45) is 0 Å². The molecule has 0 aliphatic carbocycles. The molecule has 0 radical (unpaired) electrons. The van der Waals surface area contributed by atoms with Crippen LogP contribution in [0.3, 0.4) is 0 Å². The van der Waals surface area contributed by atoms with Gasteiger partial charge in [0, 0.05) is 32.7 Å². The molecule has 3 saturated heterocycles. The molecule has 5 nitrogen and oxygen atoms in total. The lowest BCUT2D eigenvalue weighted by molar-refractivity contribution is -0.173. The van der Waals surface area contributed by atoms with Crippen molar-refractivity contribution in [2.75, 3.05) is 19.6 Å². The smallest absolute Gasteiger partial charge is 0.249 e. The lowest BCUT2D eigenvalue weighted by atomic mass is 9.80. The van der Waals surface area contributed by atoms with E-state index in [1.54, 1.807) is 0 Å². The lowest BCUT2D eigenvalue weighted by Crippen LogP contribution is -2.72. The van der Waals surface area contributed by atoms with E-state index in [2.05, 4.69) is 41.3 Å². The van der Waals surface area contributed by atoms with E-state index < -0.39 is 5.54 Å². The van der Waals surface area contributed by atoms with Crippen molar-refractivity contribution >= 4 is 11.8 Å². The van der Waals surface area contributed by atoms with Gasteiger partial charge < -0.3 is 9.80 Å². The fourth-order valence-electron chi connectivity index (χ4n) is 5.44. The molecule has 1 unspecified atom stereocenters. The van der Waals surface area contributed by atoms with Gasteiger partial charge in [-0.2, -0.15) is 0 Å². The van der Waals surface area contributed by atoms with Gasteiger partial charge in [0.15, 0.2) is 0 Å². The van der Waals surface area contributed by atoms with E-state index in [-0.39, 0.29) is 17.9 Å². The molecular formula is C25H29N3O2. The van der Waals surface area contributed by atoms with Gasteiger partial charge in [-0.25, -0.2) is 0 Å². The highest BCUT2D eigenvalue weighted by atomic mass is 16.2. The van der Waals surface area contributed by atoms with Gasteiger partial charge in [0.1, 0.15) is 11.6 Å². The maximum absolute atomic E-state index is 13.7. The predicted octanol–water partition coefficient (Wildman–Crippen LogP) is 3.05. The van der Waals surface area contributed by atoms with Gasteiger partial charge in [-0.3, -0.25) is 14.5 Å². The Morgan fingerprint density at radius 3 is 2.03 bits per heavy atom. The van der Waals surface area contributed by atoms with Gasteiger partial charge in [-0.05, 0) is 36.8 Å². The van der Waals surface area contributed by atoms with E-state index >= 15 is 0 Å². The molecule has 1 spiro atoms. The molecule has 0 N–H and O–H groups in total. The number of amides is 2. The molecule has 5 heteroatoms. The summed E-state index contributed by atoms with van der Waals surface area (Å²) in [6, 6.07) is 20.3. The molecule has 2 aromatic rings. The minimum atomic E-state index is -0.693. The minimum Gasteiger partial charge on any atom is -0.329 e. The van der Waals surface area contributed by atoms with E-state index in [1.165, 1.54) is 5.56 Å². The summed E-state index contributed by atoms with van der Waals surface area (Å²) >= 11 is 0. The molecular weight excluding hydrogens is 374 g/mol. The molecule has 0 bridgehead atoms. The van der Waals surface area contributed by atoms with Crippen LogP contribution in [0.15, 0.2) is 60.7 Å². The van der Waals surface area contributed by atoms with Crippen LogP contribution in [0.25, 0.3) is 0 Å². The third-order valence-electron chi connectivity index (χ3n) is 7.10. The van der Waals surface area contributed by atoms with Crippen molar-refractivity contribution < 1.29 is 9.59 Å². The molecule has 30 heavy (non-hydrogen) atoms. The van der Waals surface area contributed by atoms with Gasteiger partial charge in [0.25, 0.3) is 0 Å². The van der Waals surface area contributed by atoms with Crippen LogP contribution < -0.4 is 0 Å². The quantitative estimate of drug-likeness (QED) is 0.788. The zero-order valence-corrected chi connectivity index (χ0v) is 17.4. The normalized spacial score (nSPS) is 23.8. The Morgan fingerprint density at radius 1 is 0.800 bits per heavy atom. The molecule has 2 aromatic carbocycles. The van der Waals surface area contributed by atoms with Crippen LogP contribution in [-0.2, 0) is 22.7 Å². The average molecular weight is 404 g/mol. The molecule has 3 aliphatic heterocycles. The Labute approximate surface area is 178 Å². The number of piperidine rings is 1. The molecule has 0 saturated carbocycles. The first kappa shape index (κ1) is 19.3. The second-order valence-electron chi connectivity index (χ2n) is 8.86. The maximum Gasteiger partial charge on any atom is 0.249 e. The monoisotopic (exact) mass is 403 g/mol. The predicted molar refractivity (Wildman–Crippen MR) is 115 cm³/mol. The molecule has 3 aliphatic rings. The van der Waals surface area contributed by atoms with Crippen molar-refractivity contribution in [3.8, 4) is 0 Å². The van der Waals surface area contributed by atoms with E-state index in [9.17, 15) is 9.59 Å². The van der Waals surface area contributed by atoms with Crippen LogP contribution >= 0.6 is 0 Å². The first-order chi connectivity index (χ1) is 14.7. The van der Waals surface area contributed by atoms with Crippen LogP contribution in [0.2, 0.25) is 0 Å². The summed E-state index contributed by atoms with van der Waals surface area (Å²) in [5.74, 6) is 0.326. The van der Waals surface area contributed by atoms with Gasteiger partial charge >= 0.3 is 0 Å². The van der Waals surface area contributed by atoms with E-state index in [0.717, 1.165) is 44.6 Å². The second-order valence-corrected chi connectivity index (χ2v) is 8.86. The maximum atomic E-state index is 13.7. The van der Waals surface area contributed by atoms with E-state index in [1.807, 2.05) is 34.1 Å². The first-order valence-electron chi connectivity index (χ1n) is 11.1. The fourth-order valence-corrected chi connectivity index (χ4v) is 5.44. The zero-order chi connectivity index (χ0) is 20.6. The van der Waals surface area contributed by atoms with E-state index in [4.69, 9.17) is 0 Å². The largest absolute Gasteiger partial charge is 0.329 e. The number of carbonyl (C=O) groups is 2. The SMILES string of the molecule is O=C1C2CCCN2C(=O)C2(CCN(Cc3ccccc3)CC2)N1Cc1ccccc1. The minimum absolute atomic E-state index is 0.146. The highest BCUT2D eigenvalue weighted by Gasteiger charge is 2.57. The topological polar surface area (TPSA) is 43.9 Å². The van der Waals surface area contributed by atoms with Gasteiger partial charge in [0.2, 0.25) is 11.8 Å². The van der Waals surface area contributed by atoms with Crippen LogP contribution in [0.4, 0.5) is 0 Å². The number of hydrogen-bond donors (Lipinski definition) is 0. The van der Waals surface area contributed by atoms with Gasteiger partial charge in [-0.1, -0.05) is 60.7 Å². The van der Waals surface area contributed by atoms with Crippen molar-refractivity contribution in [1.82, 2.24) is 14.7 Å². The number of likely N-dealkylation sites (tertiary alicyclic amines) is 1. The standard InChI is InChI=1S/C25H29N3O2/c29-23-22-12-7-15-27(22)24(30)25(28(23)19-21-10-5-2-6-11-21)13-16-26(17-14-25)18-20-8-3-1-4-9-20/h1-6,8-11,22H,7,12-19H2.